The summed E-state index contributed by atoms with van der Waals surface area (Å²) in [6.45, 7) is 11.2. The number of nitrogens with zero attached hydrogens (tertiary/aromatic N) is 2. The quantitative estimate of drug-likeness (QED) is 0.617. The average Bonchev–Trinajstić information content (AvgIpc) is 3.30. The Labute approximate surface area is 195 Å². The lowest BCUT2D eigenvalue weighted by atomic mass is 10.0. The molecular formula is C24H34N4O3S. The molecule has 0 unspecified atom stereocenters. The van der Waals surface area contributed by atoms with Crippen molar-refractivity contribution in [1.82, 2.24) is 20.1 Å². The van der Waals surface area contributed by atoms with E-state index in [0.717, 1.165) is 86.4 Å². The van der Waals surface area contributed by atoms with E-state index in [9.17, 15) is 4.79 Å². The van der Waals surface area contributed by atoms with Crippen LogP contribution in [-0.2, 0) is 16.0 Å². The number of H-pyrrole nitrogens is 1. The molecule has 4 rings (SSSR count). The van der Waals surface area contributed by atoms with Crippen molar-refractivity contribution in [2.75, 3.05) is 52.5 Å². The molecule has 0 aliphatic carbocycles. The molecule has 2 N–H and O–H groups in total. The second-order valence-corrected chi connectivity index (χ2v) is 9.25. The summed E-state index contributed by atoms with van der Waals surface area (Å²) in [5.74, 6) is 0. The van der Waals surface area contributed by atoms with Crippen LogP contribution in [0.15, 0.2) is 23.0 Å². The molecule has 2 fully saturated rings. The maximum atomic E-state index is 12.9. The van der Waals surface area contributed by atoms with Gasteiger partial charge in [0, 0.05) is 55.8 Å². The third-order valence-corrected chi connectivity index (χ3v) is 6.74. The standard InChI is InChI=1S/C24H34N4O3S/c1-17-12-18(2)21-14-19(23(29)26-22(21)13-17)16-28(6-5-27-7-10-30-11-8-27)24(32)25-15-20-4-3-9-31-20/h12-14,20H,3-11,15-16H2,1-2H3,(H,25,32)(H,26,29)/t20-/m0/s1. The Morgan fingerprint density at radius 3 is 2.81 bits per heavy atom. The minimum absolute atomic E-state index is 0.0548. The Morgan fingerprint density at radius 2 is 2.06 bits per heavy atom. The van der Waals surface area contributed by atoms with Gasteiger partial charge in [0.15, 0.2) is 5.11 Å². The zero-order valence-corrected chi connectivity index (χ0v) is 19.9. The fourth-order valence-corrected chi connectivity index (χ4v) is 4.74. The fraction of sp³-hybridized carbons (Fsp3) is 0.583. The maximum Gasteiger partial charge on any atom is 0.253 e. The molecule has 0 radical (unpaired) electrons. The van der Waals surface area contributed by atoms with E-state index in [2.05, 4.69) is 33.1 Å². The number of morpholine rings is 1. The number of nitrogens with one attached hydrogen (secondary N) is 2. The predicted octanol–water partition coefficient (Wildman–Crippen LogP) is 2.33. The van der Waals surface area contributed by atoms with Crippen molar-refractivity contribution >= 4 is 28.2 Å². The Hall–Kier alpha value is -2.00. The van der Waals surface area contributed by atoms with E-state index in [0.29, 0.717) is 18.2 Å². The van der Waals surface area contributed by atoms with Crippen LogP contribution < -0.4 is 10.9 Å². The largest absolute Gasteiger partial charge is 0.379 e. The zero-order chi connectivity index (χ0) is 22.5. The first-order valence-corrected chi connectivity index (χ1v) is 12.0. The Bertz CT molecular complexity index is 997. The summed E-state index contributed by atoms with van der Waals surface area (Å²) in [5, 5.41) is 5.14. The van der Waals surface area contributed by atoms with Gasteiger partial charge in [0.05, 0.1) is 25.9 Å². The summed E-state index contributed by atoms with van der Waals surface area (Å²) in [5.41, 5.74) is 3.87. The number of ether oxygens (including phenoxy) is 2. The van der Waals surface area contributed by atoms with Crippen LogP contribution in [0, 0.1) is 13.8 Å². The second kappa shape index (κ2) is 10.7. The minimum Gasteiger partial charge on any atom is -0.379 e. The number of hydrogen-bond acceptors (Lipinski definition) is 5. The highest BCUT2D eigenvalue weighted by Crippen LogP contribution is 2.19. The molecule has 2 aliphatic rings. The first-order chi connectivity index (χ1) is 15.5. The number of fused-ring (bicyclic) bond motifs is 1. The van der Waals surface area contributed by atoms with Crippen molar-refractivity contribution in [2.45, 2.75) is 39.3 Å². The molecule has 3 heterocycles. The number of aromatic amines is 1. The summed E-state index contributed by atoms with van der Waals surface area (Å²) in [7, 11) is 0. The second-order valence-electron chi connectivity index (χ2n) is 8.86. The molecule has 0 bridgehead atoms. The van der Waals surface area contributed by atoms with E-state index in [-0.39, 0.29) is 11.7 Å². The number of pyridine rings is 1. The van der Waals surface area contributed by atoms with Crippen LogP contribution in [0.3, 0.4) is 0 Å². The highest BCUT2D eigenvalue weighted by Gasteiger charge is 2.20. The lowest BCUT2D eigenvalue weighted by molar-refractivity contribution is 0.0356. The molecule has 1 atom stereocenters. The molecule has 0 saturated carbocycles. The van der Waals surface area contributed by atoms with Crippen molar-refractivity contribution in [2.24, 2.45) is 0 Å². The average molecular weight is 459 g/mol. The molecule has 1 aromatic heterocycles. The van der Waals surface area contributed by atoms with Gasteiger partial charge in [0.1, 0.15) is 0 Å². The van der Waals surface area contributed by atoms with Crippen LogP contribution in [0.5, 0.6) is 0 Å². The monoisotopic (exact) mass is 458 g/mol. The van der Waals surface area contributed by atoms with Gasteiger partial charge in [-0.05, 0) is 62.2 Å². The molecule has 2 aromatic rings. The maximum absolute atomic E-state index is 12.9. The minimum atomic E-state index is -0.0548. The number of hydrogen-bond donors (Lipinski definition) is 2. The summed E-state index contributed by atoms with van der Waals surface area (Å²) in [6, 6.07) is 6.19. The van der Waals surface area contributed by atoms with E-state index in [4.69, 9.17) is 21.7 Å². The zero-order valence-electron chi connectivity index (χ0n) is 19.1. The molecule has 2 aliphatic heterocycles. The third kappa shape index (κ3) is 5.86. The summed E-state index contributed by atoms with van der Waals surface area (Å²) >= 11 is 5.76. The number of aromatic nitrogens is 1. The van der Waals surface area contributed by atoms with Crippen molar-refractivity contribution in [3.8, 4) is 0 Å². The summed E-state index contributed by atoms with van der Waals surface area (Å²) in [4.78, 5) is 20.5. The van der Waals surface area contributed by atoms with Crippen molar-refractivity contribution in [3.05, 3.63) is 45.2 Å². The fourth-order valence-electron chi connectivity index (χ4n) is 4.50. The van der Waals surface area contributed by atoms with Crippen LogP contribution >= 0.6 is 12.2 Å². The van der Waals surface area contributed by atoms with Gasteiger partial charge in [-0.2, -0.15) is 0 Å². The highest BCUT2D eigenvalue weighted by molar-refractivity contribution is 7.80. The van der Waals surface area contributed by atoms with E-state index in [1.807, 2.05) is 19.1 Å². The molecule has 0 amide bonds. The van der Waals surface area contributed by atoms with Gasteiger partial charge in [0.2, 0.25) is 0 Å². The molecule has 2 saturated heterocycles. The summed E-state index contributed by atoms with van der Waals surface area (Å²) < 4.78 is 11.2. The van der Waals surface area contributed by atoms with Crippen LogP contribution in [-0.4, -0.2) is 78.5 Å². The van der Waals surface area contributed by atoms with E-state index in [1.165, 1.54) is 0 Å². The Morgan fingerprint density at radius 1 is 1.25 bits per heavy atom. The van der Waals surface area contributed by atoms with Crippen molar-refractivity contribution in [3.63, 3.8) is 0 Å². The molecule has 0 spiro atoms. The van der Waals surface area contributed by atoms with Gasteiger partial charge in [0.25, 0.3) is 5.56 Å². The van der Waals surface area contributed by atoms with Gasteiger partial charge < -0.3 is 24.7 Å². The number of rotatable bonds is 7. The van der Waals surface area contributed by atoms with E-state index < -0.39 is 0 Å². The first kappa shape index (κ1) is 23.2. The normalized spacial score (nSPS) is 19.4. The topological polar surface area (TPSA) is 69.8 Å². The molecular weight excluding hydrogens is 424 g/mol. The van der Waals surface area contributed by atoms with E-state index in [1.54, 1.807) is 0 Å². The van der Waals surface area contributed by atoms with Crippen LogP contribution in [0.1, 0.15) is 29.5 Å². The summed E-state index contributed by atoms with van der Waals surface area (Å²) in [6.07, 6.45) is 2.38. The van der Waals surface area contributed by atoms with Crippen LogP contribution in [0.4, 0.5) is 0 Å². The number of aryl methyl sites for hydroxylation is 2. The number of benzene rings is 1. The molecule has 32 heavy (non-hydrogen) atoms. The van der Waals surface area contributed by atoms with Gasteiger partial charge >= 0.3 is 0 Å². The Balaban J connectivity index is 1.50. The molecule has 174 valence electrons. The predicted molar refractivity (Wildman–Crippen MR) is 131 cm³/mol. The first-order valence-electron chi connectivity index (χ1n) is 11.6. The van der Waals surface area contributed by atoms with Crippen LogP contribution in [0.2, 0.25) is 0 Å². The van der Waals surface area contributed by atoms with Crippen molar-refractivity contribution in [1.29, 1.82) is 0 Å². The van der Waals surface area contributed by atoms with E-state index >= 15 is 0 Å². The van der Waals surface area contributed by atoms with Crippen molar-refractivity contribution < 1.29 is 9.47 Å². The van der Waals surface area contributed by atoms with Gasteiger partial charge in [-0.3, -0.25) is 9.69 Å². The van der Waals surface area contributed by atoms with Gasteiger partial charge in [-0.25, -0.2) is 0 Å². The lowest BCUT2D eigenvalue weighted by Gasteiger charge is -2.31. The van der Waals surface area contributed by atoms with Gasteiger partial charge in [-0.1, -0.05) is 6.07 Å². The number of thiocarbonyl (C=S) groups is 1. The lowest BCUT2D eigenvalue weighted by Crippen LogP contribution is -2.47. The van der Waals surface area contributed by atoms with Gasteiger partial charge in [-0.15, -0.1) is 0 Å². The van der Waals surface area contributed by atoms with Crippen LogP contribution in [0.25, 0.3) is 10.9 Å². The molecule has 1 aromatic carbocycles. The molecule has 8 heteroatoms. The highest BCUT2D eigenvalue weighted by atomic mass is 32.1. The SMILES string of the molecule is Cc1cc(C)c2cc(CN(CCN3CCOCC3)C(=S)NC[C@@H]3CCCO3)c(=O)[nH]c2c1. The Kier molecular flexibility index (Phi) is 7.78. The molecule has 7 nitrogen and oxygen atoms in total. The third-order valence-electron chi connectivity index (χ3n) is 6.33. The smallest absolute Gasteiger partial charge is 0.253 e.